The van der Waals surface area contributed by atoms with E-state index in [1.807, 2.05) is 18.2 Å². The van der Waals surface area contributed by atoms with Crippen molar-refractivity contribution >= 4 is 11.6 Å². The average Bonchev–Trinajstić information content (AvgIpc) is 2.47. The largest absolute Gasteiger partial charge is 0.493 e. The molecule has 0 amide bonds. The van der Waals surface area contributed by atoms with E-state index < -0.39 is 0 Å². The van der Waals surface area contributed by atoms with Crippen LogP contribution in [0.4, 0.5) is 0 Å². The van der Waals surface area contributed by atoms with Crippen LogP contribution in [0.15, 0.2) is 24.3 Å². The Kier molecular flexibility index (Phi) is 1.74. The van der Waals surface area contributed by atoms with E-state index in [4.69, 9.17) is 16.3 Å². The van der Waals surface area contributed by atoms with E-state index in [2.05, 4.69) is 6.07 Å². The highest BCUT2D eigenvalue weighted by Crippen LogP contribution is 2.33. The molecule has 1 unspecified atom stereocenters. The molecule has 1 aromatic carbocycles. The van der Waals surface area contributed by atoms with Gasteiger partial charge in [-0.15, -0.1) is 11.6 Å². The van der Waals surface area contributed by atoms with Crippen molar-refractivity contribution < 1.29 is 4.74 Å². The second-order valence-corrected chi connectivity index (χ2v) is 3.01. The van der Waals surface area contributed by atoms with E-state index in [0.717, 1.165) is 12.4 Å². The smallest absolute Gasteiger partial charge is 0.122 e. The molecule has 0 aromatic heterocycles. The molecule has 1 aliphatic heterocycles. The number of ether oxygens (including phenoxy) is 1. The van der Waals surface area contributed by atoms with Crippen LogP contribution in [0.2, 0.25) is 0 Å². The van der Waals surface area contributed by atoms with E-state index in [-0.39, 0.29) is 0 Å². The summed E-state index contributed by atoms with van der Waals surface area (Å²) in [4.78, 5) is 0. The molecule has 0 saturated carbocycles. The highest BCUT2D eigenvalue weighted by molar-refractivity contribution is 6.18. The predicted molar refractivity (Wildman–Crippen MR) is 45.4 cm³/mol. The molecule has 58 valence electrons. The van der Waals surface area contributed by atoms with Gasteiger partial charge in [0.25, 0.3) is 0 Å². The van der Waals surface area contributed by atoms with Gasteiger partial charge < -0.3 is 4.74 Å². The molecule has 11 heavy (non-hydrogen) atoms. The molecule has 0 radical (unpaired) electrons. The van der Waals surface area contributed by atoms with Gasteiger partial charge in [0, 0.05) is 17.4 Å². The maximum atomic E-state index is 5.76. The minimum absolute atomic E-state index is 0.396. The number of hydrogen-bond donors (Lipinski definition) is 0. The van der Waals surface area contributed by atoms with Crippen molar-refractivity contribution in [2.45, 2.75) is 5.92 Å². The van der Waals surface area contributed by atoms with Crippen LogP contribution in [-0.4, -0.2) is 12.5 Å². The van der Waals surface area contributed by atoms with Crippen LogP contribution in [-0.2, 0) is 0 Å². The van der Waals surface area contributed by atoms with Gasteiger partial charge in [-0.2, -0.15) is 0 Å². The van der Waals surface area contributed by atoms with Crippen molar-refractivity contribution in [3.05, 3.63) is 29.8 Å². The van der Waals surface area contributed by atoms with Crippen molar-refractivity contribution in [1.29, 1.82) is 0 Å². The van der Waals surface area contributed by atoms with Gasteiger partial charge in [-0.3, -0.25) is 0 Å². The molecule has 2 rings (SSSR count). The Bertz CT molecular complexity index is 259. The van der Waals surface area contributed by atoms with E-state index in [0.29, 0.717) is 11.8 Å². The third-order valence-electron chi connectivity index (χ3n) is 1.99. The molecule has 2 heteroatoms. The molecular formula is C9H9ClO. The first-order chi connectivity index (χ1) is 5.42. The minimum Gasteiger partial charge on any atom is -0.493 e. The molecule has 1 atom stereocenters. The first kappa shape index (κ1) is 6.99. The summed E-state index contributed by atoms with van der Waals surface area (Å²) in [7, 11) is 0. The lowest BCUT2D eigenvalue weighted by molar-refractivity contribution is 0.338. The summed E-state index contributed by atoms with van der Waals surface area (Å²) < 4.78 is 5.42. The lowest BCUT2D eigenvalue weighted by Crippen LogP contribution is -2.00. The summed E-state index contributed by atoms with van der Waals surface area (Å²) in [6.07, 6.45) is 0. The summed E-state index contributed by atoms with van der Waals surface area (Å²) >= 11 is 5.76. The number of alkyl halides is 1. The van der Waals surface area contributed by atoms with Crippen molar-refractivity contribution in [1.82, 2.24) is 0 Å². The topological polar surface area (TPSA) is 9.23 Å². The molecule has 0 N–H and O–H groups in total. The minimum atomic E-state index is 0.396. The molecule has 0 aliphatic carbocycles. The Morgan fingerprint density at radius 3 is 3.09 bits per heavy atom. The van der Waals surface area contributed by atoms with Crippen LogP contribution in [0.1, 0.15) is 11.5 Å². The van der Waals surface area contributed by atoms with Crippen LogP contribution in [0.5, 0.6) is 5.75 Å². The number of fused-ring (bicyclic) bond motifs is 1. The Balaban J connectivity index is 2.39. The van der Waals surface area contributed by atoms with Gasteiger partial charge in [0.15, 0.2) is 0 Å². The van der Waals surface area contributed by atoms with Crippen LogP contribution in [0.25, 0.3) is 0 Å². The fourth-order valence-electron chi connectivity index (χ4n) is 1.36. The van der Waals surface area contributed by atoms with E-state index >= 15 is 0 Å². The Labute approximate surface area is 70.9 Å². The molecule has 1 heterocycles. The van der Waals surface area contributed by atoms with Gasteiger partial charge >= 0.3 is 0 Å². The van der Waals surface area contributed by atoms with Crippen LogP contribution in [0, 0.1) is 0 Å². The van der Waals surface area contributed by atoms with Gasteiger partial charge in [-0.1, -0.05) is 18.2 Å². The third kappa shape index (κ3) is 1.10. The van der Waals surface area contributed by atoms with Gasteiger partial charge in [0.05, 0.1) is 6.61 Å². The quantitative estimate of drug-likeness (QED) is 0.586. The predicted octanol–water partition coefficient (Wildman–Crippen LogP) is 2.40. The highest BCUT2D eigenvalue weighted by Gasteiger charge is 2.21. The summed E-state index contributed by atoms with van der Waals surface area (Å²) in [5.74, 6) is 2.04. The summed E-state index contributed by atoms with van der Waals surface area (Å²) in [5.41, 5.74) is 1.25. The van der Waals surface area contributed by atoms with E-state index in [1.165, 1.54) is 5.56 Å². The monoisotopic (exact) mass is 168 g/mol. The zero-order valence-corrected chi connectivity index (χ0v) is 6.84. The van der Waals surface area contributed by atoms with Gasteiger partial charge in [-0.05, 0) is 6.07 Å². The number of benzene rings is 1. The summed E-state index contributed by atoms with van der Waals surface area (Å²) in [6, 6.07) is 8.07. The lowest BCUT2D eigenvalue weighted by atomic mass is 10.0. The SMILES string of the molecule is ClCC1COc2ccccc21. The molecular weight excluding hydrogens is 160 g/mol. The number of rotatable bonds is 1. The maximum absolute atomic E-state index is 5.76. The second-order valence-electron chi connectivity index (χ2n) is 2.70. The van der Waals surface area contributed by atoms with Crippen molar-refractivity contribution in [3.8, 4) is 5.75 Å². The average molecular weight is 169 g/mol. The first-order valence-electron chi connectivity index (χ1n) is 3.69. The first-order valence-corrected chi connectivity index (χ1v) is 4.23. The van der Waals surface area contributed by atoms with Crippen LogP contribution in [0.3, 0.4) is 0 Å². The molecule has 1 nitrogen and oxygen atoms in total. The molecule has 1 aliphatic rings. The van der Waals surface area contributed by atoms with E-state index in [9.17, 15) is 0 Å². The third-order valence-corrected chi connectivity index (χ3v) is 2.36. The lowest BCUT2D eigenvalue weighted by Gasteiger charge is -2.00. The number of halogens is 1. The molecule has 0 saturated heterocycles. The standard InChI is InChI=1S/C9H9ClO/c10-5-7-6-11-9-4-2-1-3-8(7)9/h1-4,7H,5-6H2. The fourth-order valence-corrected chi connectivity index (χ4v) is 1.61. The number of para-hydroxylation sites is 1. The zero-order chi connectivity index (χ0) is 7.68. The van der Waals surface area contributed by atoms with E-state index in [1.54, 1.807) is 0 Å². The van der Waals surface area contributed by atoms with Crippen LogP contribution >= 0.6 is 11.6 Å². The molecule has 1 aromatic rings. The second kappa shape index (κ2) is 2.74. The van der Waals surface area contributed by atoms with Crippen molar-refractivity contribution in [3.63, 3.8) is 0 Å². The zero-order valence-electron chi connectivity index (χ0n) is 6.09. The maximum Gasteiger partial charge on any atom is 0.122 e. The summed E-state index contributed by atoms with van der Waals surface area (Å²) in [5, 5.41) is 0. The molecule has 0 fully saturated rings. The highest BCUT2D eigenvalue weighted by atomic mass is 35.5. The fraction of sp³-hybridized carbons (Fsp3) is 0.333. The molecule has 0 spiro atoms. The normalized spacial score (nSPS) is 21.0. The van der Waals surface area contributed by atoms with Gasteiger partial charge in [0.2, 0.25) is 0 Å². The Morgan fingerprint density at radius 1 is 1.45 bits per heavy atom. The van der Waals surface area contributed by atoms with Gasteiger partial charge in [-0.25, -0.2) is 0 Å². The van der Waals surface area contributed by atoms with Gasteiger partial charge in [0.1, 0.15) is 5.75 Å². The summed E-state index contributed by atoms with van der Waals surface area (Å²) in [6.45, 7) is 0.739. The van der Waals surface area contributed by atoms with Crippen molar-refractivity contribution in [2.75, 3.05) is 12.5 Å². The Morgan fingerprint density at radius 2 is 2.27 bits per heavy atom. The Hall–Kier alpha value is -0.690. The molecule has 0 bridgehead atoms. The van der Waals surface area contributed by atoms with Crippen LogP contribution < -0.4 is 4.74 Å². The van der Waals surface area contributed by atoms with Crippen molar-refractivity contribution in [2.24, 2.45) is 0 Å². The number of hydrogen-bond acceptors (Lipinski definition) is 1.